The Morgan fingerprint density at radius 1 is 0.920 bits per heavy atom. The number of hydrogen-bond acceptors (Lipinski definition) is 4. The molecule has 0 N–H and O–H groups in total. The van der Waals surface area contributed by atoms with Gasteiger partial charge in [0.2, 0.25) is 5.88 Å². The summed E-state index contributed by atoms with van der Waals surface area (Å²) in [5.41, 5.74) is 6.77. The highest BCUT2D eigenvalue weighted by atomic mass is 16.5. The van der Waals surface area contributed by atoms with Gasteiger partial charge in [-0.15, -0.1) is 0 Å². The van der Waals surface area contributed by atoms with Crippen LogP contribution in [0.5, 0.6) is 5.88 Å². The number of benzene rings is 1. The van der Waals surface area contributed by atoms with E-state index in [-0.39, 0.29) is 0 Å². The molecule has 1 heterocycles. The van der Waals surface area contributed by atoms with Gasteiger partial charge in [0.05, 0.1) is 12.8 Å². The van der Waals surface area contributed by atoms with Crippen LogP contribution in [-0.4, -0.2) is 30.2 Å². The van der Waals surface area contributed by atoms with Crippen molar-refractivity contribution >= 4 is 5.69 Å². The molecule has 25 heavy (non-hydrogen) atoms. The van der Waals surface area contributed by atoms with Crippen molar-refractivity contribution in [2.45, 2.75) is 54.4 Å². The van der Waals surface area contributed by atoms with Crippen LogP contribution in [0.2, 0.25) is 0 Å². The van der Waals surface area contributed by atoms with Gasteiger partial charge >= 0.3 is 0 Å². The topological polar surface area (TPSA) is 38.2 Å². The van der Waals surface area contributed by atoms with Crippen LogP contribution in [0.1, 0.15) is 49.1 Å². The number of nitrogens with zero attached hydrogens (tertiary/aromatic N) is 3. The van der Waals surface area contributed by atoms with Gasteiger partial charge in [0.25, 0.3) is 0 Å². The molecule has 0 aliphatic rings. The molecule has 136 valence electrons. The highest BCUT2D eigenvalue weighted by Gasteiger charge is 2.20. The summed E-state index contributed by atoms with van der Waals surface area (Å²) in [6, 6.07) is 4.36. The Hall–Kier alpha value is -2.10. The Labute approximate surface area is 152 Å². The molecule has 4 nitrogen and oxygen atoms in total. The molecular formula is C21H31N3O. The monoisotopic (exact) mass is 341 g/mol. The lowest BCUT2D eigenvalue weighted by molar-refractivity contribution is 0.396. The van der Waals surface area contributed by atoms with Crippen LogP contribution in [0.15, 0.2) is 12.1 Å². The molecule has 0 saturated heterocycles. The number of aryl methyl sites for hydroxylation is 4. The third-order valence-corrected chi connectivity index (χ3v) is 4.42. The maximum atomic E-state index is 5.67. The molecule has 0 saturated carbocycles. The van der Waals surface area contributed by atoms with E-state index in [2.05, 4.69) is 58.6 Å². The van der Waals surface area contributed by atoms with Crippen molar-refractivity contribution in [2.75, 3.05) is 25.1 Å². The van der Waals surface area contributed by atoms with E-state index in [0.717, 1.165) is 48.7 Å². The fourth-order valence-corrected chi connectivity index (χ4v) is 3.57. The Morgan fingerprint density at radius 3 is 1.96 bits per heavy atom. The lowest BCUT2D eigenvalue weighted by atomic mass is 9.99. The molecule has 0 amide bonds. The molecule has 4 heteroatoms. The molecular weight excluding hydrogens is 310 g/mol. The Bertz CT molecular complexity index is 711. The van der Waals surface area contributed by atoms with Crippen LogP contribution in [0.3, 0.4) is 0 Å². The highest BCUT2D eigenvalue weighted by Crippen LogP contribution is 2.34. The SMILES string of the molecule is CCCN(CCC)c1c(C)nc(-c2c(C)cc(C)cc2C)nc1OC. The summed E-state index contributed by atoms with van der Waals surface area (Å²) >= 11 is 0. The summed E-state index contributed by atoms with van der Waals surface area (Å²) in [6.07, 6.45) is 2.17. The van der Waals surface area contributed by atoms with Gasteiger partial charge in [-0.2, -0.15) is 4.98 Å². The summed E-state index contributed by atoms with van der Waals surface area (Å²) in [7, 11) is 1.69. The number of anilines is 1. The normalized spacial score (nSPS) is 10.8. The van der Waals surface area contributed by atoms with E-state index in [1.54, 1.807) is 7.11 Å². The smallest absolute Gasteiger partial charge is 0.241 e. The first-order chi connectivity index (χ1) is 11.9. The molecule has 1 aromatic carbocycles. The van der Waals surface area contributed by atoms with E-state index in [9.17, 15) is 0 Å². The number of aromatic nitrogens is 2. The molecule has 0 fully saturated rings. The van der Waals surface area contributed by atoms with E-state index in [0.29, 0.717) is 5.88 Å². The Morgan fingerprint density at radius 2 is 1.48 bits per heavy atom. The number of hydrogen-bond donors (Lipinski definition) is 0. The van der Waals surface area contributed by atoms with Crippen molar-refractivity contribution in [3.05, 3.63) is 34.5 Å². The largest absolute Gasteiger partial charge is 0.479 e. The first kappa shape index (κ1) is 19.2. The highest BCUT2D eigenvalue weighted by molar-refractivity contribution is 5.69. The predicted molar refractivity (Wildman–Crippen MR) is 106 cm³/mol. The van der Waals surface area contributed by atoms with E-state index in [1.807, 2.05) is 0 Å². The number of rotatable bonds is 7. The van der Waals surface area contributed by atoms with Crippen molar-refractivity contribution in [1.29, 1.82) is 0 Å². The zero-order chi connectivity index (χ0) is 18.6. The van der Waals surface area contributed by atoms with Crippen molar-refractivity contribution in [3.63, 3.8) is 0 Å². The number of methoxy groups -OCH3 is 1. The van der Waals surface area contributed by atoms with E-state index in [1.165, 1.54) is 16.7 Å². The van der Waals surface area contributed by atoms with Crippen LogP contribution in [0.4, 0.5) is 5.69 Å². The molecule has 0 aliphatic heterocycles. The van der Waals surface area contributed by atoms with Gasteiger partial charge in [-0.05, 0) is 51.7 Å². The summed E-state index contributed by atoms with van der Waals surface area (Å²) in [5.74, 6) is 1.42. The van der Waals surface area contributed by atoms with Gasteiger partial charge in [-0.25, -0.2) is 4.98 Å². The third-order valence-electron chi connectivity index (χ3n) is 4.42. The molecule has 0 bridgehead atoms. The van der Waals surface area contributed by atoms with Crippen LogP contribution in [0, 0.1) is 27.7 Å². The minimum absolute atomic E-state index is 0.670. The zero-order valence-electron chi connectivity index (χ0n) is 16.7. The molecule has 1 aromatic heterocycles. The first-order valence-electron chi connectivity index (χ1n) is 9.18. The predicted octanol–water partition coefficient (Wildman–Crippen LogP) is 5.01. The van der Waals surface area contributed by atoms with Gasteiger partial charge < -0.3 is 9.64 Å². The summed E-state index contributed by atoms with van der Waals surface area (Å²) < 4.78 is 5.67. The maximum Gasteiger partial charge on any atom is 0.241 e. The van der Waals surface area contributed by atoms with Gasteiger partial charge in [-0.1, -0.05) is 31.5 Å². The van der Waals surface area contributed by atoms with Crippen LogP contribution in [-0.2, 0) is 0 Å². The van der Waals surface area contributed by atoms with E-state index >= 15 is 0 Å². The second-order valence-corrected chi connectivity index (χ2v) is 6.75. The standard InChI is InChI=1S/C21H31N3O/c1-8-10-24(11-9-2)19-17(6)22-20(23-21(19)25-7)18-15(4)12-14(3)13-16(18)5/h12-13H,8-11H2,1-7H3. The Balaban J connectivity index is 2.60. The minimum Gasteiger partial charge on any atom is -0.479 e. The molecule has 2 aromatic rings. The molecule has 0 unspecified atom stereocenters. The minimum atomic E-state index is 0.670. The lowest BCUT2D eigenvalue weighted by Crippen LogP contribution is -2.27. The van der Waals surface area contributed by atoms with E-state index < -0.39 is 0 Å². The van der Waals surface area contributed by atoms with Crippen LogP contribution in [0.25, 0.3) is 11.4 Å². The second-order valence-electron chi connectivity index (χ2n) is 6.75. The quantitative estimate of drug-likeness (QED) is 0.709. The average molecular weight is 341 g/mol. The summed E-state index contributed by atoms with van der Waals surface area (Å²) in [6.45, 7) is 14.8. The third kappa shape index (κ3) is 4.12. The first-order valence-corrected chi connectivity index (χ1v) is 9.18. The Kier molecular flexibility index (Phi) is 6.40. The number of ether oxygens (including phenoxy) is 1. The summed E-state index contributed by atoms with van der Waals surface area (Å²) in [4.78, 5) is 12.0. The van der Waals surface area contributed by atoms with Gasteiger partial charge in [-0.3, -0.25) is 0 Å². The van der Waals surface area contributed by atoms with Crippen molar-refractivity contribution in [1.82, 2.24) is 9.97 Å². The van der Waals surface area contributed by atoms with E-state index in [4.69, 9.17) is 14.7 Å². The second kappa shape index (κ2) is 8.32. The van der Waals surface area contributed by atoms with Gasteiger partial charge in [0.15, 0.2) is 5.82 Å². The molecule has 2 rings (SSSR count). The van der Waals surface area contributed by atoms with Crippen LogP contribution < -0.4 is 9.64 Å². The molecule has 0 radical (unpaired) electrons. The maximum absolute atomic E-state index is 5.67. The van der Waals surface area contributed by atoms with Gasteiger partial charge in [0.1, 0.15) is 5.69 Å². The van der Waals surface area contributed by atoms with Gasteiger partial charge in [0, 0.05) is 18.7 Å². The van der Waals surface area contributed by atoms with Crippen LogP contribution >= 0.6 is 0 Å². The molecule has 0 spiro atoms. The fraction of sp³-hybridized carbons (Fsp3) is 0.524. The summed E-state index contributed by atoms with van der Waals surface area (Å²) in [5, 5.41) is 0. The van der Waals surface area contributed by atoms with Crippen molar-refractivity contribution in [2.24, 2.45) is 0 Å². The fourth-order valence-electron chi connectivity index (χ4n) is 3.57. The van der Waals surface area contributed by atoms with Crippen molar-refractivity contribution < 1.29 is 4.74 Å². The average Bonchev–Trinajstić information content (AvgIpc) is 2.53. The molecule has 0 atom stereocenters. The van der Waals surface area contributed by atoms with Crippen molar-refractivity contribution in [3.8, 4) is 17.3 Å². The zero-order valence-corrected chi connectivity index (χ0v) is 16.7. The molecule has 0 aliphatic carbocycles. The lowest BCUT2D eigenvalue weighted by Gasteiger charge is -2.26.